The van der Waals surface area contributed by atoms with Crippen molar-refractivity contribution in [3.8, 4) is 0 Å². The molecule has 1 aromatic heterocycles. The number of hydrogen-bond acceptors (Lipinski definition) is 7. The number of thiazole rings is 1. The lowest BCUT2D eigenvalue weighted by Crippen LogP contribution is -2.35. The van der Waals surface area contributed by atoms with E-state index in [9.17, 15) is 14.4 Å². The fourth-order valence-electron chi connectivity index (χ4n) is 1.86. The van der Waals surface area contributed by atoms with Gasteiger partial charge in [0.2, 0.25) is 5.91 Å². The molecule has 1 aliphatic rings. The van der Waals surface area contributed by atoms with Gasteiger partial charge in [0.05, 0.1) is 25.1 Å². The quantitative estimate of drug-likeness (QED) is 0.904. The molecule has 21 heavy (non-hydrogen) atoms. The Morgan fingerprint density at radius 3 is 2.90 bits per heavy atom. The molecule has 0 aromatic carbocycles. The number of carbonyl (C=O) groups is 3. The number of thioether (sulfide) groups is 1. The Hall–Kier alpha value is -1.61. The SMILES string of the molecule is COC(=O)N1CCc2nc(NC(=O)CSC(C)=O)sc2C1. The first-order chi connectivity index (χ1) is 9.99. The second-order valence-corrected chi connectivity index (χ2v) is 6.59. The Bertz CT molecular complexity index is 573. The molecule has 1 aromatic rings. The van der Waals surface area contributed by atoms with Crippen molar-refractivity contribution >= 4 is 45.3 Å². The molecular weight excluding hydrogens is 314 g/mol. The molecule has 0 saturated heterocycles. The number of anilines is 1. The van der Waals surface area contributed by atoms with E-state index in [0.717, 1.165) is 22.3 Å². The van der Waals surface area contributed by atoms with E-state index in [2.05, 4.69) is 10.3 Å². The van der Waals surface area contributed by atoms with Crippen LogP contribution in [0, 0.1) is 0 Å². The average molecular weight is 329 g/mol. The first kappa shape index (κ1) is 15.8. The van der Waals surface area contributed by atoms with E-state index in [4.69, 9.17) is 4.74 Å². The zero-order valence-corrected chi connectivity index (χ0v) is 13.3. The summed E-state index contributed by atoms with van der Waals surface area (Å²) in [6.07, 6.45) is 0.274. The van der Waals surface area contributed by atoms with Crippen LogP contribution < -0.4 is 5.32 Å². The van der Waals surface area contributed by atoms with Gasteiger partial charge in [0.25, 0.3) is 0 Å². The van der Waals surface area contributed by atoms with Crippen LogP contribution in [0.3, 0.4) is 0 Å². The lowest BCUT2D eigenvalue weighted by molar-refractivity contribution is -0.114. The number of aromatic nitrogens is 1. The molecule has 0 spiro atoms. The monoisotopic (exact) mass is 329 g/mol. The van der Waals surface area contributed by atoms with Crippen LogP contribution in [0.2, 0.25) is 0 Å². The van der Waals surface area contributed by atoms with E-state index in [0.29, 0.717) is 24.6 Å². The third-order valence-electron chi connectivity index (χ3n) is 2.82. The van der Waals surface area contributed by atoms with E-state index >= 15 is 0 Å². The largest absolute Gasteiger partial charge is 0.453 e. The summed E-state index contributed by atoms with van der Waals surface area (Å²) in [7, 11) is 1.35. The molecule has 0 aliphatic carbocycles. The Labute approximate surface area is 130 Å². The third kappa shape index (κ3) is 4.18. The highest BCUT2D eigenvalue weighted by Crippen LogP contribution is 2.28. The molecule has 2 amide bonds. The molecule has 7 nitrogen and oxygen atoms in total. The maximum Gasteiger partial charge on any atom is 0.409 e. The molecule has 0 fully saturated rings. The van der Waals surface area contributed by atoms with Gasteiger partial charge in [-0.05, 0) is 0 Å². The second kappa shape index (κ2) is 6.90. The zero-order chi connectivity index (χ0) is 15.4. The van der Waals surface area contributed by atoms with E-state index < -0.39 is 0 Å². The van der Waals surface area contributed by atoms with Crippen molar-refractivity contribution in [1.29, 1.82) is 0 Å². The highest BCUT2D eigenvalue weighted by atomic mass is 32.2. The molecule has 9 heteroatoms. The predicted molar refractivity (Wildman–Crippen MR) is 80.4 cm³/mol. The molecule has 0 saturated carbocycles. The van der Waals surface area contributed by atoms with Crippen molar-refractivity contribution in [1.82, 2.24) is 9.88 Å². The van der Waals surface area contributed by atoms with Crippen molar-refractivity contribution in [2.75, 3.05) is 24.7 Å². The number of hydrogen-bond donors (Lipinski definition) is 1. The highest BCUT2D eigenvalue weighted by molar-refractivity contribution is 8.14. The normalized spacial score (nSPS) is 13.5. The van der Waals surface area contributed by atoms with Crippen molar-refractivity contribution in [3.63, 3.8) is 0 Å². The molecule has 0 bridgehead atoms. The van der Waals surface area contributed by atoms with E-state index in [1.54, 1.807) is 4.90 Å². The second-order valence-electron chi connectivity index (χ2n) is 4.36. The summed E-state index contributed by atoms with van der Waals surface area (Å²) in [6.45, 7) is 2.41. The summed E-state index contributed by atoms with van der Waals surface area (Å²) in [6, 6.07) is 0. The van der Waals surface area contributed by atoms with E-state index in [1.165, 1.54) is 25.4 Å². The van der Waals surface area contributed by atoms with E-state index in [1.807, 2.05) is 0 Å². The number of ether oxygens (including phenoxy) is 1. The van der Waals surface area contributed by atoms with Gasteiger partial charge in [0.1, 0.15) is 0 Å². The molecule has 0 radical (unpaired) electrons. The van der Waals surface area contributed by atoms with Crippen molar-refractivity contribution in [2.24, 2.45) is 0 Å². The number of fused-ring (bicyclic) bond motifs is 1. The first-order valence-electron chi connectivity index (χ1n) is 6.24. The molecule has 1 N–H and O–H groups in total. The standard InChI is InChI=1S/C12H15N3O4S2/c1-7(16)20-6-10(17)14-11-13-8-3-4-15(12(18)19-2)5-9(8)21-11/h3-6H2,1-2H3,(H,13,14,17). The smallest absolute Gasteiger partial charge is 0.409 e. The van der Waals surface area contributed by atoms with Crippen LogP contribution >= 0.6 is 23.1 Å². The minimum absolute atomic E-state index is 0.0772. The van der Waals surface area contributed by atoms with Gasteiger partial charge in [-0.2, -0.15) is 0 Å². The first-order valence-corrected chi connectivity index (χ1v) is 8.04. The van der Waals surface area contributed by atoms with Crippen LogP contribution in [-0.4, -0.2) is 46.4 Å². The van der Waals surface area contributed by atoms with Crippen LogP contribution in [-0.2, 0) is 27.3 Å². The Morgan fingerprint density at radius 2 is 2.24 bits per heavy atom. The van der Waals surface area contributed by atoms with E-state index in [-0.39, 0.29) is 22.9 Å². The Morgan fingerprint density at radius 1 is 1.48 bits per heavy atom. The topological polar surface area (TPSA) is 88.6 Å². The number of carbonyl (C=O) groups excluding carboxylic acids is 3. The van der Waals surface area contributed by atoms with Gasteiger partial charge in [-0.25, -0.2) is 9.78 Å². The molecular formula is C12H15N3O4S2. The van der Waals surface area contributed by atoms with Gasteiger partial charge in [-0.15, -0.1) is 0 Å². The number of rotatable bonds is 3. The predicted octanol–water partition coefficient (Wildman–Crippen LogP) is 1.49. The van der Waals surface area contributed by atoms with Crippen LogP contribution in [0.15, 0.2) is 0 Å². The number of nitrogens with zero attached hydrogens (tertiary/aromatic N) is 2. The number of amides is 2. The summed E-state index contributed by atoms with van der Waals surface area (Å²) in [5, 5.41) is 3.07. The minimum Gasteiger partial charge on any atom is -0.453 e. The maximum absolute atomic E-state index is 11.6. The maximum atomic E-state index is 11.6. The highest BCUT2D eigenvalue weighted by Gasteiger charge is 2.24. The van der Waals surface area contributed by atoms with Gasteiger partial charge in [0, 0.05) is 24.8 Å². The molecule has 0 atom stereocenters. The van der Waals surface area contributed by atoms with Gasteiger partial charge in [-0.3, -0.25) is 9.59 Å². The number of nitrogens with one attached hydrogen (secondary N) is 1. The molecule has 2 rings (SSSR count). The summed E-state index contributed by atoms with van der Waals surface area (Å²) in [5.74, 6) is -0.181. The lowest BCUT2D eigenvalue weighted by Gasteiger charge is -2.24. The fraction of sp³-hybridized carbons (Fsp3) is 0.500. The van der Waals surface area contributed by atoms with Crippen molar-refractivity contribution < 1.29 is 19.1 Å². The Balaban J connectivity index is 1.96. The lowest BCUT2D eigenvalue weighted by atomic mass is 10.2. The van der Waals surface area contributed by atoms with Crippen LogP contribution in [0.4, 0.5) is 9.93 Å². The minimum atomic E-state index is -0.363. The molecule has 0 unspecified atom stereocenters. The Kier molecular flexibility index (Phi) is 5.18. The van der Waals surface area contributed by atoms with Gasteiger partial charge in [0.15, 0.2) is 10.2 Å². The molecule has 2 heterocycles. The van der Waals surface area contributed by atoms with Gasteiger partial charge in [-0.1, -0.05) is 23.1 Å². The third-order valence-corrected chi connectivity index (χ3v) is 4.63. The fourth-order valence-corrected chi connectivity index (χ4v) is 3.30. The van der Waals surface area contributed by atoms with Gasteiger partial charge < -0.3 is 15.0 Å². The summed E-state index contributed by atoms with van der Waals surface area (Å²) >= 11 is 2.30. The van der Waals surface area contributed by atoms with Crippen LogP contribution in [0.5, 0.6) is 0 Å². The van der Waals surface area contributed by atoms with Crippen LogP contribution in [0.1, 0.15) is 17.5 Å². The van der Waals surface area contributed by atoms with Crippen LogP contribution in [0.25, 0.3) is 0 Å². The van der Waals surface area contributed by atoms with Gasteiger partial charge >= 0.3 is 6.09 Å². The molecule has 114 valence electrons. The van der Waals surface area contributed by atoms with Crippen molar-refractivity contribution in [2.45, 2.75) is 19.9 Å². The van der Waals surface area contributed by atoms with Crippen molar-refractivity contribution in [3.05, 3.63) is 10.6 Å². The summed E-state index contributed by atoms with van der Waals surface area (Å²) in [4.78, 5) is 40.8. The zero-order valence-electron chi connectivity index (χ0n) is 11.7. The molecule has 1 aliphatic heterocycles. The number of methoxy groups -OCH3 is 1. The average Bonchev–Trinajstić information content (AvgIpc) is 2.85. The summed E-state index contributed by atoms with van der Waals surface area (Å²) in [5.41, 5.74) is 0.898. The summed E-state index contributed by atoms with van der Waals surface area (Å²) < 4.78 is 4.70.